The molecule has 2 rings (SSSR count). The number of methoxy groups -OCH3 is 1. The van der Waals surface area contributed by atoms with Crippen LogP contribution in [0.15, 0.2) is 36.4 Å². The van der Waals surface area contributed by atoms with Gasteiger partial charge in [0, 0.05) is 6.04 Å². The smallest absolute Gasteiger partial charge is 0.165 e. The van der Waals surface area contributed by atoms with Gasteiger partial charge >= 0.3 is 0 Å². The van der Waals surface area contributed by atoms with E-state index in [2.05, 4.69) is 0 Å². The van der Waals surface area contributed by atoms with Gasteiger partial charge in [0.1, 0.15) is 0 Å². The van der Waals surface area contributed by atoms with E-state index in [0.29, 0.717) is 17.5 Å². The Hall–Kier alpha value is -2.01. The van der Waals surface area contributed by atoms with Crippen molar-refractivity contribution >= 4 is 0 Å². The molecule has 0 saturated carbocycles. The minimum Gasteiger partial charge on any atom is -0.494 e. The van der Waals surface area contributed by atoms with Gasteiger partial charge in [0.15, 0.2) is 23.2 Å². The molecule has 0 aliphatic rings. The molecule has 0 aliphatic carbocycles. The highest BCUT2D eigenvalue weighted by Crippen LogP contribution is 2.22. The molecule has 0 saturated heterocycles. The molecule has 0 radical (unpaired) electrons. The fourth-order valence-corrected chi connectivity index (χ4v) is 1.95. The van der Waals surface area contributed by atoms with Crippen LogP contribution in [0, 0.1) is 17.5 Å². The number of hydrogen-bond donors (Lipinski definition) is 1. The molecule has 2 aromatic carbocycles. The summed E-state index contributed by atoms with van der Waals surface area (Å²) in [6.45, 7) is 0. The standard InChI is InChI=1S/C15H14F3NO/c1-20-15-5-2-9(6-13(15)18)7-14(19)10-3-4-11(16)12(17)8-10/h2-6,8,14H,7,19H2,1H3. The summed E-state index contributed by atoms with van der Waals surface area (Å²) in [6.07, 6.45) is 0.311. The molecule has 2 N–H and O–H groups in total. The molecule has 0 spiro atoms. The second-order valence-corrected chi connectivity index (χ2v) is 4.45. The molecule has 0 aromatic heterocycles. The zero-order chi connectivity index (χ0) is 14.7. The number of rotatable bonds is 4. The molecule has 106 valence electrons. The Kier molecular flexibility index (Phi) is 4.29. The summed E-state index contributed by atoms with van der Waals surface area (Å²) in [5.41, 5.74) is 7.04. The van der Waals surface area contributed by atoms with Crippen molar-refractivity contribution in [3.8, 4) is 5.75 Å². The third-order valence-corrected chi connectivity index (χ3v) is 3.04. The fraction of sp³-hybridized carbons (Fsp3) is 0.200. The summed E-state index contributed by atoms with van der Waals surface area (Å²) < 4.78 is 44.3. The molecular formula is C15H14F3NO. The molecule has 0 bridgehead atoms. The number of hydrogen-bond acceptors (Lipinski definition) is 2. The van der Waals surface area contributed by atoms with Crippen molar-refractivity contribution in [2.45, 2.75) is 12.5 Å². The third kappa shape index (κ3) is 3.11. The van der Waals surface area contributed by atoms with Crippen LogP contribution in [0.2, 0.25) is 0 Å². The predicted octanol–water partition coefficient (Wildman–Crippen LogP) is 3.36. The van der Waals surface area contributed by atoms with Gasteiger partial charge < -0.3 is 10.5 Å². The topological polar surface area (TPSA) is 35.2 Å². The largest absolute Gasteiger partial charge is 0.494 e. The Morgan fingerprint density at radius 1 is 1.00 bits per heavy atom. The second kappa shape index (κ2) is 5.96. The van der Waals surface area contributed by atoms with E-state index >= 15 is 0 Å². The van der Waals surface area contributed by atoms with Crippen LogP contribution in [0.5, 0.6) is 5.75 Å². The van der Waals surface area contributed by atoms with Gasteiger partial charge in [-0.2, -0.15) is 0 Å². The first-order valence-electron chi connectivity index (χ1n) is 6.04. The van der Waals surface area contributed by atoms with E-state index in [0.717, 1.165) is 12.1 Å². The summed E-state index contributed by atoms with van der Waals surface area (Å²) >= 11 is 0. The zero-order valence-corrected chi connectivity index (χ0v) is 10.9. The lowest BCUT2D eigenvalue weighted by atomic mass is 9.99. The lowest BCUT2D eigenvalue weighted by Gasteiger charge is -2.13. The highest BCUT2D eigenvalue weighted by molar-refractivity contribution is 5.31. The molecule has 0 heterocycles. The molecule has 1 atom stereocenters. The Bertz CT molecular complexity index is 616. The Labute approximate surface area is 115 Å². The van der Waals surface area contributed by atoms with Crippen LogP contribution in [0.4, 0.5) is 13.2 Å². The maximum atomic E-state index is 13.5. The Morgan fingerprint density at radius 3 is 2.35 bits per heavy atom. The van der Waals surface area contributed by atoms with Gasteiger partial charge in [0.25, 0.3) is 0 Å². The Morgan fingerprint density at radius 2 is 1.75 bits per heavy atom. The van der Waals surface area contributed by atoms with Crippen molar-refractivity contribution in [3.63, 3.8) is 0 Å². The first kappa shape index (κ1) is 14.4. The van der Waals surface area contributed by atoms with Crippen molar-refractivity contribution in [1.29, 1.82) is 0 Å². The van der Waals surface area contributed by atoms with Gasteiger partial charge in [-0.15, -0.1) is 0 Å². The fourth-order valence-electron chi connectivity index (χ4n) is 1.95. The van der Waals surface area contributed by atoms with E-state index in [4.69, 9.17) is 10.5 Å². The van der Waals surface area contributed by atoms with Crippen LogP contribution in [0.25, 0.3) is 0 Å². The van der Waals surface area contributed by atoms with Gasteiger partial charge in [0.2, 0.25) is 0 Å². The molecule has 0 aliphatic heterocycles. The van der Waals surface area contributed by atoms with Gasteiger partial charge in [-0.1, -0.05) is 12.1 Å². The summed E-state index contributed by atoms with van der Waals surface area (Å²) in [4.78, 5) is 0. The maximum absolute atomic E-state index is 13.5. The average molecular weight is 281 g/mol. The molecule has 1 unspecified atom stereocenters. The van der Waals surface area contributed by atoms with Crippen LogP contribution in [0.3, 0.4) is 0 Å². The van der Waals surface area contributed by atoms with Gasteiger partial charge in [0.05, 0.1) is 7.11 Å². The molecule has 20 heavy (non-hydrogen) atoms. The lowest BCUT2D eigenvalue weighted by molar-refractivity contribution is 0.386. The number of benzene rings is 2. The van der Waals surface area contributed by atoms with Crippen LogP contribution in [0.1, 0.15) is 17.2 Å². The number of ether oxygens (including phenoxy) is 1. The van der Waals surface area contributed by atoms with E-state index in [1.807, 2.05) is 0 Å². The van der Waals surface area contributed by atoms with E-state index in [1.54, 1.807) is 6.07 Å². The quantitative estimate of drug-likeness (QED) is 0.932. The monoisotopic (exact) mass is 281 g/mol. The van der Waals surface area contributed by atoms with E-state index < -0.39 is 23.5 Å². The SMILES string of the molecule is COc1ccc(CC(N)c2ccc(F)c(F)c2)cc1F. The highest BCUT2D eigenvalue weighted by Gasteiger charge is 2.12. The van der Waals surface area contributed by atoms with Gasteiger partial charge in [-0.25, -0.2) is 13.2 Å². The lowest BCUT2D eigenvalue weighted by Crippen LogP contribution is -2.14. The molecular weight excluding hydrogens is 267 g/mol. The van der Waals surface area contributed by atoms with Crippen molar-refractivity contribution in [2.24, 2.45) is 5.73 Å². The summed E-state index contributed by atoms with van der Waals surface area (Å²) in [5.74, 6) is -2.20. The van der Waals surface area contributed by atoms with Gasteiger partial charge in [-0.3, -0.25) is 0 Å². The summed E-state index contributed by atoms with van der Waals surface area (Å²) in [5, 5.41) is 0. The van der Waals surface area contributed by atoms with Crippen LogP contribution < -0.4 is 10.5 Å². The van der Waals surface area contributed by atoms with Crippen molar-refractivity contribution < 1.29 is 17.9 Å². The van der Waals surface area contributed by atoms with Crippen LogP contribution in [-0.2, 0) is 6.42 Å². The zero-order valence-electron chi connectivity index (χ0n) is 10.9. The van der Waals surface area contributed by atoms with E-state index in [-0.39, 0.29) is 5.75 Å². The predicted molar refractivity (Wildman–Crippen MR) is 69.9 cm³/mol. The number of nitrogens with two attached hydrogens (primary N) is 1. The third-order valence-electron chi connectivity index (χ3n) is 3.04. The molecule has 0 fully saturated rings. The highest BCUT2D eigenvalue weighted by atomic mass is 19.2. The normalized spacial score (nSPS) is 12.2. The van der Waals surface area contributed by atoms with Crippen LogP contribution in [-0.4, -0.2) is 7.11 Å². The first-order valence-corrected chi connectivity index (χ1v) is 6.04. The van der Waals surface area contributed by atoms with Gasteiger partial charge in [-0.05, 0) is 41.8 Å². The molecule has 2 nitrogen and oxygen atoms in total. The van der Waals surface area contributed by atoms with E-state index in [9.17, 15) is 13.2 Å². The summed E-state index contributed by atoms with van der Waals surface area (Å²) in [7, 11) is 1.38. The first-order chi connectivity index (χ1) is 9.51. The van der Waals surface area contributed by atoms with Crippen molar-refractivity contribution in [1.82, 2.24) is 0 Å². The maximum Gasteiger partial charge on any atom is 0.165 e. The minimum atomic E-state index is -0.945. The van der Waals surface area contributed by atoms with E-state index in [1.165, 1.54) is 25.3 Å². The minimum absolute atomic E-state index is 0.148. The summed E-state index contributed by atoms with van der Waals surface area (Å²) in [6, 6.07) is 7.46. The Balaban J connectivity index is 2.16. The number of halogens is 3. The molecule has 5 heteroatoms. The second-order valence-electron chi connectivity index (χ2n) is 4.45. The van der Waals surface area contributed by atoms with Crippen molar-refractivity contribution in [2.75, 3.05) is 7.11 Å². The van der Waals surface area contributed by atoms with Crippen molar-refractivity contribution in [3.05, 3.63) is 65.0 Å². The average Bonchev–Trinajstić information content (AvgIpc) is 2.42. The molecule has 0 amide bonds. The molecule has 2 aromatic rings. The van der Waals surface area contributed by atoms with Crippen LogP contribution >= 0.6 is 0 Å².